The number of benzene rings is 2. The van der Waals surface area contributed by atoms with Crippen LogP contribution < -0.4 is 10.2 Å². The number of likely N-dealkylation sites (N-methyl/N-ethyl adjacent to an activating group) is 1. The Morgan fingerprint density at radius 2 is 1.89 bits per heavy atom. The van der Waals surface area contributed by atoms with Crippen molar-refractivity contribution in [3.63, 3.8) is 0 Å². The van der Waals surface area contributed by atoms with Crippen LogP contribution in [0.5, 0.6) is 0 Å². The molecule has 1 aliphatic rings. The third kappa shape index (κ3) is 5.65. The zero-order valence-corrected chi connectivity index (χ0v) is 21.0. The van der Waals surface area contributed by atoms with E-state index in [1.165, 1.54) is 22.7 Å². The zero-order chi connectivity index (χ0) is 26.3. The Morgan fingerprint density at radius 3 is 2.53 bits per heavy atom. The summed E-state index contributed by atoms with van der Waals surface area (Å²) in [7, 11) is 0.178. The van der Waals surface area contributed by atoms with Crippen molar-refractivity contribution in [2.75, 3.05) is 36.6 Å². The highest BCUT2D eigenvalue weighted by Crippen LogP contribution is 2.30. The van der Waals surface area contributed by atoms with E-state index < -0.39 is 21.8 Å². The lowest BCUT2D eigenvalue weighted by atomic mass is 10.1. The molecule has 194 valence electrons. The van der Waals surface area contributed by atoms with Crippen molar-refractivity contribution < 1.29 is 26.4 Å². The number of hydrogen-bond donors (Lipinski definition) is 1. The third-order valence-corrected chi connectivity index (χ3v) is 7.89. The minimum Gasteiger partial charge on any atom is -0.341 e. The molecule has 8 nitrogen and oxygen atoms in total. The van der Waals surface area contributed by atoms with Crippen LogP contribution in [0.4, 0.5) is 24.8 Å². The number of carbonyl (C=O) groups is 1. The molecule has 2 aromatic carbocycles. The van der Waals surface area contributed by atoms with Gasteiger partial charge in [-0.15, -0.1) is 0 Å². The molecule has 0 radical (unpaired) electrons. The number of alkyl halides is 3. The van der Waals surface area contributed by atoms with Gasteiger partial charge in [0.15, 0.2) is 0 Å². The molecule has 4 rings (SSSR count). The van der Waals surface area contributed by atoms with Gasteiger partial charge in [-0.2, -0.15) is 13.2 Å². The van der Waals surface area contributed by atoms with Gasteiger partial charge in [-0.25, -0.2) is 17.7 Å². The van der Waals surface area contributed by atoms with Crippen LogP contribution in [-0.2, 0) is 34.5 Å². The van der Waals surface area contributed by atoms with Crippen molar-refractivity contribution in [3.05, 3.63) is 53.6 Å². The van der Waals surface area contributed by atoms with Crippen molar-refractivity contribution in [1.82, 2.24) is 13.9 Å². The number of nitrogens with zero attached hydrogens (tertiary/aromatic N) is 4. The van der Waals surface area contributed by atoms with Crippen LogP contribution in [0.2, 0.25) is 0 Å². The maximum atomic E-state index is 12.7. The average molecular weight is 524 g/mol. The molecule has 1 N–H and O–H groups in total. The topological polar surface area (TPSA) is 87.5 Å². The second-order valence-electron chi connectivity index (χ2n) is 9.08. The van der Waals surface area contributed by atoms with Gasteiger partial charge in [0, 0.05) is 45.3 Å². The predicted molar refractivity (Wildman–Crippen MR) is 132 cm³/mol. The normalized spacial score (nSPS) is 16.8. The molecule has 0 unspecified atom stereocenters. The summed E-state index contributed by atoms with van der Waals surface area (Å²) in [6.07, 6.45) is -2.04. The maximum absolute atomic E-state index is 12.7. The molecule has 12 heteroatoms. The summed E-state index contributed by atoms with van der Waals surface area (Å²) < 4.78 is 65.2. The van der Waals surface area contributed by atoms with E-state index in [1.807, 2.05) is 17.7 Å². The van der Waals surface area contributed by atoms with Gasteiger partial charge in [-0.1, -0.05) is 12.1 Å². The standard InChI is InChI=1S/C24H28F3N5O3S/c1-30-21-14-18(28-22(33)11-6-16-4-7-17(8-5-16)24(25,26)27)9-10-20(21)29-23(30)32-13-12-19(15-32)31(2)36(3,34)35/h4-5,7-10,14,19H,6,11-13,15H2,1-3H3,(H,28,33)/t19-/m1/s1. The van der Waals surface area contributed by atoms with Gasteiger partial charge in [0.25, 0.3) is 0 Å². The maximum Gasteiger partial charge on any atom is 0.416 e. The van der Waals surface area contributed by atoms with Gasteiger partial charge in [0.2, 0.25) is 21.9 Å². The summed E-state index contributed by atoms with van der Waals surface area (Å²) in [6.45, 7) is 1.21. The minimum absolute atomic E-state index is 0.126. The van der Waals surface area contributed by atoms with Gasteiger partial charge in [0.05, 0.1) is 22.9 Å². The summed E-state index contributed by atoms with van der Waals surface area (Å²) in [5.41, 5.74) is 2.08. The quantitative estimate of drug-likeness (QED) is 0.511. The molecule has 1 atom stereocenters. The molecule has 2 heterocycles. The van der Waals surface area contributed by atoms with Crippen LogP contribution in [0.3, 0.4) is 0 Å². The molecule has 0 spiro atoms. The van der Waals surface area contributed by atoms with E-state index in [1.54, 1.807) is 19.2 Å². The molecule has 1 aliphatic heterocycles. The summed E-state index contributed by atoms with van der Waals surface area (Å²) in [5.74, 6) is 0.475. The van der Waals surface area contributed by atoms with E-state index >= 15 is 0 Å². The number of rotatable bonds is 7. The summed E-state index contributed by atoms with van der Waals surface area (Å²) in [6, 6.07) is 10.1. The van der Waals surface area contributed by atoms with E-state index in [-0.39, 0.29) is 18.4 Å². The number of hydrogen-bond acceptors (Lipinski definition) is 5. The van der Waals surface area contributed by atoms with E-state index in [0.717, 1.165) is 29.1 Å². The fourth-order valence-electron chi connectivity index (χ4n) is 4.37. The fourth-order valence-corrected chi connectivity index (χ4v) is 5.08. The highest BCUT2D eigenvalue weighted by Gasteiger charge is 2.32. The SMILES string of the molecule is CN([C@@H]1CCN(c2nc3ccc(NC(=O)CCc4ccc(C(F)(F)F)cc4)cc3n2C)C1)S(C)(=O)=O. The minimum atomic E-state index is -4.39. The van der Waals surface area contributed by atoms with Gasteiger partial charge >= 0.3 is 6.18 Å². The highest BCUT2D eigenvalue weighted by atomic mass is 32.2. The van der Waals surface area contributed by atoms with Crippen molar-refractivity contribution in [3.8, 4) is 0 Å². The molecule has 3 aromatic rings. The first-order valence-corrected chi connectivity index (χ1v) is 13.3. The Morgan fingerprint density at radius 1 is 1.19 bits per heavy atom. The highest BCUT2D eigenvalue weighted by molar-refractivity contribution is 7.88. The van der Waals surface area contributed by atoms with Crippen molar-refractivity contribution in [2.24, 2.45) is 7.05 Å². The third-order valence-electron chi connectivity index (χ3n) is 6.55. The van der Waals surface area contributed by atoms with E-state index in [0.29, 0.717) is 37.2 Å². The van der Waals surface area contributed by atoms with E-state index in [2.05, 4.69) is 10.2 Å². The lowest BCUT2D eigenvalue weighted by Crippen LogP contribution is -2.38. The second kappa shape index (κ2) is 9.74. The summed E-state index contributed by atoms with van der Waals surface area (Å²) in [5, 5.41) is 2.84. The Balaban J connectivity index is 1.40. The van der Waals surface area contributed by atoms with Crippen LogP contribution in [-0.4, -0.2) is 60.6 Å². The second-order valence-corrected chi connectivity index (χ2v) is 11.1. The Kier molecular flexibility index (Phi) is 7.02. The first kappa shape index (κ1) is 26.0. The lowest BCUT2D eigenvalue weighted by Gasteiger charge is -2.22. The number of anilines is 2. The van der Waals surface area contributed by atoms with Crippen molar-refractivity contribution in [1.29, 1.82) is 0 Å². The zero-order valence-electron chi connectivity index (χ0n) is 20.2. The molecule has 1 saturated heterocycles. The van der Waals surface area contributed by atoms with Crippen LogP contribution in [0.15, 0.2) is 42.5 Å². The van der Waals surface area contributed by atoms with Crippen LogP contribution >= 0.6 is 0 Å². The summed E-state index contributed by atoms with van der Waals surface area (Å²) in [4.78, 5) is 19.2. The molecule has 1 fully saturated rings. The summed E-state index contributed by atoms with van der Waals surface area (Å²) >= 11 is 0. The molecule has 36 heavy (non-hydrogen) atoms. The smallest absolute Gasteiger partial charge is 0.341 e. The molecule has 0 aliphatic carbocycles. The average Bonchev–Trinajstić information content (AvgIpc) is 3.41. The molecule has 1 amide bonds. The number of fused-ring (bicyclic) bond motifs is 1. The number of amides is 1. The number of sulfonamides is 1. The monoisotopic (exact) mass is 523 g/mol. The van der Waals surface area contributed by atoms with Crippen LogP contribution in [0, 0.1) is 0 Å². The number of aromatic nitrogens is 2. The largest absolute Gasteiger partial charge is 0.416 e. The van der Waals surface area contributed by atoms with Gasteiger partial charge < -0.3 is 14.8 Å². The Labute approximate surface area is 207 Å². The Bertz CT molecular complexity index is 1370. The predicted octanol–water partition coefficient (Wildman–Crippen LogP) is 3.63. The molecule has 1 aromatic heterocycles. The number of halogens is 3. The molecule has 0 saturated carbocycles. The number of nitrogens with one attached hydrogen (secondary N) is 1. The first-order valence-electron chi connectivity index (χ1n) is 11.4. The van der Waals surface area contributed by atoms with Crippen LogP contribution in [0.1, 0.15) is 24.0 Å². The fraction of sp³-hybridized carbons (Fsp3) is 0.417. The van der Waals surface area contributed by atoms with Gasteiger partial charge in [-0.3, -0.25) is 4.79 Å². The van der Waals surface area contributed by atoms with Gasteiger partial charge in [-0.05, 0) is 48.7 Å². The van der Waals surface area contributed by atoms with Gasteiger partial charge in [0.1, 0.15) is 0 Å². The number of imidazole rings is 1. The molecular formula is C24H28F3N5O3S. The first-order chi connectivity index (χ1) is 16.8. The molecule has 0 bridgehead atoms. The Hall–Kier alpha value is -3.12. The van der Waals surface area contributed by atoms with Crippen molar-refractivity contribution >= 4 is 38.6 Å². The lowest BCUT2D eigenvalue weighted by molar-refractivity contribution is -0.137. The number of carbonyl (C=O) groups excluding carboxylic acids is 1. The van der Waals surface area contributed by atoms with Crippen molar-refractivity contribution in [2.45, 2.75) is 31.5 Å². The number of aryl methyl sites for hydroxylation is 2. The molecular weight excluding hydrogens is 495 g/mol. The van der Waals surface area contributed by atoms with E-state index in [9.17, 15) is 26.4 Å². The van der Waals surface area contributed by atoms with E-state index in [4.69, 9.17) is 4.98 Å². The van der Waals surface area contributed by atoms with Crippen LogP contribution in [0.25, 0.3) is 11.0 Å².